The summed E-state index contributed by atoms with van der Waals surface area (Å²) < 4.78 is 5.45. The van der Waals surface area contributed by atoms with Crippen molar-refractivity contribution in [3.63, 3.8) is 0 Å². The maximum atomic E-state index is 12.1. The average Bonchev–Trinajstić information content (AvgIpc) is 2.43. The summed E-state index contributed by atoms with van der Waals surface area (Å²) in [6.45, 7) is 7.12. The number of unbranched alkanes of at least 4 members (excludes halogenated alkanes) is 1. The summed E-state index contributed by atoms with van der Waals surface area (Å²) in [4.78, 5) is 12.1. The highest BCUT2D eigenvalue weighted by Crippen LogP contribution is 2.17. The molecule has 0 aliphatic carbocycles. The molecule has 4 nitrogen and oxygen atoms in total. The predicted molar refractivity (Wildman–Crippen MR) is 81.3 cm³/mol. The number of nitrogens with two attached hydrogens (primary N) is 1. The zero-order valence-corrected chi connectivity index (χ0v) is 12.7. The molecular weight excluding hydrogens is 252 g/mol. The Morgan fingerprint density at radius 2 is 1.95 bits per heavy atom. The first-order valence-electron chi connectivity index (χ1n) is 7.19. The van der Waals surface area contributed by atoms with Crippen molar-refractivity contribution in [2.24, 2.45) is 5.73 Å². The normalized spacial score (nSPS) is 14.1. The van der Waals surface area contributed by atoms with E-state index in [9.17, 15) is 4.79 Å². The van der Waals surface area contributed by atoms with E-state index in [1.165, 1.54) is 0 Å². The van der Waals surface area contributed by atoms with E-state index < -0.39 is 5.54 Å². The average molecular weight is 278 g/mol. The van der Waals surface area contributed by atoms with E-state index in [2.05, 4.69) is 5.32 Å². The van der Waals surface area contributed by atoms with Crippen LogP contribution in [0, 0.1) is 0 Å². The number of benzene rings is 1. The first-order chi connectivity index (χ1) is 9.44. The van der Waals surface area contributed by atoms with Crippen LogP contribution in [0.5, 0.6) is 0 Å². The minimum Gasteiger partial charge on any atom is -0.379 e. The number of nitrogens with one attached hydrogen (secondary N) is 1. The fourth-order valence-corrected chi connectivity index (χ4v) is 1.85. The van der Waals surface area contributed by atoms with Gasteiger partial charge < -0.3 is 15.8 Å². The van der Waals surface area contributed by atoms with Crippen molar-refractivity contribution in [1.29, 1.82) is 0 Å². The third-order valence-corrected chi connectivity index (χ3v) is 3.15. The van der Waals surface area contributed by atoms with Gasteiger partial charge in [-0.25, -0.2) is 0 Å². The van der Waals surface area contributed by atoms with Crippen LogP contribution >= 0.6 is 0 Å². The quantitative estimate of drug-likeness (QED) is 0.716. The lowest BCUT2D eigenvalue weighted by Gasteiger charge is -2.24. The summed E-state index contributed by atoms with van der Waals surface area (Å²) in [6.07, 6.45) is 2.09. The van der Waals surface area contributed by atoms with Gasteiger partial charge in [0, 0.05) is 13.2 Å². The lowest BCUT2D eigenvalue weighted by atomic mass is 9.92. The molecule has 0 saturated heterocycles. The van der Waals surface area contributed by atoms with Crippen molar-refractivity contribution >= 4 is 5.91 Å². The van der Waals surface area contributed by atoms with Crippen LogP contribution in [0.25, 0.3) is 0 Å². The number of hydrogen-bond donors (Lipinski definition) is 2. The summed E-state index contributed by atoms with van der Waals surface area (Å²) in [7, 11) is 0. The fraction of sp³-hybridized carbons (Fsp3) is 0.562. The summed E-state index contributed by atoms with van der Waals surface area (Å²) in [5.74, 6) is -0.145. The molecule has 0 bridgehead atoms. The van der Waals surface area contributed by atoms with Gasteiger partial charge in [0.25, 0.3) is 0 Å². The molecule has 0 radical (unpaired) electrons. The van der Waals surface area contributed by atoms with Crippen LogP contribution in [-0.2, 0) is 15.1 Å². The largest absolute Gasteiger partial charge is 0.379 e. The van der Waals surface area contributed by atoms with Gasteiger partial charge in [-0.3, -0.25) is 4.79 Å². The Labute approximate surface area is 121 Å². The highest BCUT2D eigenvalue weighted by Gasteiger charge is 2.29. The number of amides is 1. The van der Waals surface area contributed by atoms with E-state index in [1.54, 1.807) is 6.92 Å². The molecule has 0 spiro atoms. The van der Waals surface area contributed by atoms with Crippen molar-refractivity contribution in [3.8, 4) is 0 Å². The highest BCUT2D eigenvalue weighted by molar-refractivity contribution is 5.86. The molecule has 4 heteroatoms. The van der Waals surface area contributed by atoms with Gasteiger partial charge in [0.15, 0.2) is 0 Å². The first-order valence-corrected chi connectivity index (χ1v) is 7.19. The van der Waals surface area contributed by atoms with E-state index >= 15 is 0 Å². The lowest BCUT2D eigenvalue weighted by Crippen LogP contribution is -2.49. The summed E-state index contributed by atoms with van der Waals surface area (Å²) in [5.41, 5.74) is 5.96. The van der Waals surface area contributed by atoms with Crippen molar-refractivity contribution < 1.29 is 9.53 Å². The van der Waals surface area contributed by atoms with Gasteiger partial charge in [0.2, 0.25) is 5.91 Å². The Morgan fingerprint density at radius 3 is 2.55 bits per heavy atom. The second-order valence-electron chi connectivity index (χ2n) is 5.45. The van der Waals surface area contributed by atoms with E-state index in [4.69, 9.17) is 10.5 Å². The van der Waals surface area contributed by atoms with Crippen LogP contribution in [0.15, 0.2) is 30.3 Å². The number of carbonyl (C=O) groups is 1. The highest BCUT2D eigenvalue weighted by atomic mass is 16.5. The Balaban J connectivity index is 2.32. The van der Waals surface area contributed by atoms with Crippen LogP contribution in [0.3, 0.4) is 0 Å². The van der Waals surface area contributed by atoms with Crippen molar-refractivity contribution in [2.75, 3.05) is 13.2 Å². The third kappa shape index (κ3) is 5.31. The molecule has 20 heavy (non-hydrogen) atoms. The summed E-state index contributed by atoms with van der Waals surface area (Å²) in [5, 5.41) is 2.89. The Morgan fingerprint density at radius 1 is 1.30 bits per heavy atom. The molecule has 1 atom stereocenters. The molecule has 0 aliphatic rings. The predicted octanol–water partition coefficient (Wildman–Crippen LogP) is 2.18. The SMILES string of the molecule is CC(C)OCCCCNC(=O)C(C)(N)c1ccccc1. The van der Waals surface area contributed by atoms with Crippen LogP contribution in [0.2, 0.25) is 0 Å². The molecule has 0 aromatic heterocycles. The molecule has 1 aromatic rings. The van der Waals surface area contributed by atoms with Crippen molar-refractivity contribution in [3.05, 3.63) is 35.9 Å². The zero-order valence-electron chi connectivity index (χ0n) is 12.7. The molecule has 1 aromatic carbocycles. The zero-order chi connectivity index (χ0) is 15.0. The third-order valence-electron chi connectivity index (χ3n) is 3.15. The van der Waals surface area contributed by atoms with Gasteiger partial charge in [-0.15, -0.1) is 0 Å². The van der Waals surface area contributed by atoms with Gasteiger partial charge in [-0.05, 0) is 39.2 Å². The first kappa shape index (κ1) is 16.7. The molecule has 0 heterocycles. The van der Waals surface area contributed by atoms with E-state index in [0.29, 0.717) is 6.54 Å². The number of ether oxygens (including phenoxy) is 1. The van der Waals surface area contributed by atoms with Crippen molar-refractivity contribution in [2.45, 2.75) is 45.3 Å². The van der Waals surface area contributed by atoms with Gasteiger partial charge in [0.1, 0.15) is 5.54 Å². The smallest absolute Gasteiger partial charge is 0.244 e. The fourth-order valence-electron chi connectivity index (χ4n) is 1.85. The number of hydrogen-bond acceptors (Lipinski definition) is 3. The topological polar surface area (TPSA) is 64.3 Å². The van der Waals surface area contributed by atoms with E-state index in [0.717, 1.165) is 25.0 Å². The number of rotatable bonds is 8. The standard InChI is InChI=1S/C16H26N2O2/c1-13(2)20-12-8-7-11-18-15(19)16(3,17)14-9-5-4-6-10-14/h4-6,9-10,13H,7-8,11-12,17H2,1-3H3,(H,18,19). The Kier molecular flexibility index (Phi) is 6.68. The molecule has 112 valence electrons. The summed E-state index contributed by atoms with van der Waals surface area (Å²) in [6, 6.07) is 9.42. The monoisotopic (exact) mass is 278 g/mol. The molecule has 0 fully saturated rings. The molecular formula is C16H26N2O2. The molecule has 1 amide bonds. The second kappa shape index (κ2) is 8.02. The van der Waals surface area contributed by atoms with Gasteiger partial charge >= 0.3 is 0 Å². The van der Waals surface area contributed by atoms with Crippen molar-refractivity contribution in [1.82, 2.24) is 5.32 Å². The van der Waals surface area contributed by atoms with E-state index in [1.807, 2.05) is 44.2 Å². The molecule has 1 unspecified atom stereocenters. The lowest BCUT2D eigenvalue weighted by molar-refractivity contribution is -0.126. The molecule has 3 N–H and O–H groups in total. The maximum Gasteiger partial charge on any atom is 0.244 e. The summed E-state index contributed by atoms with van der Waals surface area (Å²) >= 11 is 0. The molecule has 0 saturated carbocycles. The Hall–Kier alpha value is -1.39. The minimum absolute atomic E-state index is 0.145. The van der Waals surface area contributed by atoms with Crippen LogP contribution < -0.4 is 11.1 Å². The maximum absolute atomic E-state index is 12.1. The number of carbonyl (C=O) groups excluding carboxylic acids is 1. The molecule has 0 aliphatic heterocycles. The van der Waals surface area contributed by atoms with Gasteiger partial charge in [-0.2, -0.15) is 0 Å². The van der Waals surface area contributed by atoms with E-state index in [-0.39, 0.29) is 12.0 Å². The van der Waals surface area contributed by atoms with Crippen LogP contribution in [0.1, 0.15) is 39.2 Å². The Bertz CT molecular complexity index is 402. The minimum atomic E-state index is -0.990. The van der Waals surface area contributed by atoms with Gasteiger partial charge in [0.05, 0.1) is 6.10 Å². The second-order valence-corrected chi connectivity index (χ2v) is 5.45. The van der Waals surface area contributed by atoms with Gasteiger partial charge in [-0.1, -0.05) is 30.3 Å². The van der Waals surface area contributed by atoms with Crippen LogP contribution in [0.4, 0.5) is 0 Å². The molecule has 1 rings (SSSR count). The van der Waals surface area contributed by atoms with Crippen LogP contribution in [-0.4, -0.2) is 25.2 Å².